The highest BCUT2D eigenvalue weighted by atomic mass is 16.5. The molecule has 0 bridgehead atoms. The zero-order valence-corrected chi connectivity index (χ0v) is 14.5. The summed E-state index contributed by atoms with van der Waals surface area (Å²) in [6, 6.07) is 12.2. The fourth-order valence-corrected chi connectivity index (χ4v) is 3.10. The highest BCUT2D eigenvalue weighted by molar-refractivity contribution is 6.46. The van der Waals surface area contributed by atoms with Gasteiger partial charge in [0.1, 0.15) is 5.75 Å². The standard InChI is InChI=1S/C21H17N3O3/c25-20(16-5-4-14-2-1-3-15(14)12-16)21(26)24-17-6-8-18(9-7-17)27-19-13-22-10-11-23-19/h4-13H,1-3H2,(H,24,26). The van der Waals surface area contributed by atoms with E-state index in [0.717, 1.165) is 19.3 Å². The van der Waals surface area contributed by atoms with Crippen LogP contribution in [-0.2, 0) is 17.6 Å². The minimum Gasteiger partial charge on any atom is -0.438 e. The smallest absolute Gasteiger partial charge is 0.296 e. The second-order valence-electron chi connectivity index (χ2n) is 6.29. The van der Waals surface area contributed by atoms with Crippen LogP contribution in [-0.4, -0.2) is 21.7 Å². The number of aryl methyl sites for hydroxylation is 2. The van der Waals surface area contributed by atoms with Crippen molar-refractivity contribution in [2.45, 2.75) is 19.3 Å². The molecule has 134 valence electrons. The van der Waals surface area contributed by atoms with Crippen LogP contribution >= 0.6 is 0 Å². The summed E-state index contributed by atoms with van der Waals surface area (Å²) in [7, 11) is 0. The number of hydrogen-bond acceptors (Lipinski definition) is 5. The number of nitrogens with zero attached hydrogens (tertiary/aromatic N) is 2. The molecule has 0 radical (unpaired) electrons. The zero-order valence-electron chi connectivity index (χ0n) is 14.5. The molecule has 0 atom stereocenters. The van der Waals surface area contributed by atoms with E-state index < -0.39 is 11.7 Å². The maximum Gasteiger partial charge on any atom is 0.296 e. The van der Waals surface area contributed by atoms with Crippen molar-refractivity contribution in [2.75, 3.05) is 5.32 Å². The summed E-state index contributed by atoms with van der Waals surface area (Å²) < 4.78 is 5.54. The summed E-state index contributed by atoms with van der Waals surface area (Å²) in [6.07, 6.45) is 7.70. The Balaban J connectivity index is 1.41. The Morgan fingerprint density at radius 2 is 1.78 bits per heavy atom. The van der Waals surface area contributed by atoms with Crippen LogP contribution < -0.4 is 10.1 Å². The van der Waals surface area contributed by atoms with Gasteiger partial charge in [-0.15, -0.1) is 0 Å². The van der Waals surface area contributed by atoms with E-state index in [-0.39, 0.29) is 0 Å². The first-order valence-corrected chi connectivity index (χ1v) is 8.70. The topological polar surface area (TPSA) is 81.2 Å². The Kier molecular flexibility index (Phi) is 4.61. The average molecular weight is 359 g/mol. The Hall–Kier alpha value is -3.54. The van der Waals surface area contributed by atoms with Gasteiger partial charge in [-0.1, -0.05) is 12.1 Å². The van der Waals surface area contributed by atoms with Crippen LogP contribution in [0.4, 0.5) is 5.69 Å². The van der Waals surface area contributed by atoms with Gasteiger partial charge in [0, 0.05) is 23.6 Å². The number of amides is 1. The summed E-state index contributed by atoms with van der Waals surface area (Å²) in [5, 5.41) is 2.63. The number of hydrogen-bond donors (Lipinski definition) is 1. The zero-order chi connectivity index (χ0) is 18.6. The number of Topliss-reactive ketones (excluding diaryl/α,β-unsaturated/α-hetero) is 1. The van der Waals surface area contributed by atoms with Crippen molar-refractivity contribution < 1.29 is 14.3 Å². The van der Waals surface area contributed by atoms with Crippen molar-refractivity contribution in [3.8, 4) is 11.6 Å². The second kappa shape index (κ2) is 7.37. The van der Waals surface area contributed by atoms with E-state index >= 15 is 0 Å². The van der Waals surface area contributed by atoms with Crippen LogP contribution in [0.25, 0.3) is 0 Å². The number of carbonyl (C=O) groups is 2. The van der Waals surface area contributed by atoms with Crippen LogP contribution in [0.1, 0.15) is 27.9 Å². The summed E-state index contributed by atoms with van der Waals surface area (Å²) >= 11 is 0. The first-order chi connectivity index (χ1) is 13.2. The van der Waals surface area contributed by atoms with E-state index in [4.69, 9.17) is 4.74 Å². The number of carbonyl (C=O) groups excluding carboxylic acids is 2. The maximum atomic E-state index is 12.4. The molecule has 0 unspecified atom stereocenters. The van der Waals surface area contributed by atoms with Gasteiger partial charge in [0.2, 0.25) is 5.88 Å². The number of aromatic nitrogens is 2. The normalized spacial score (nSPS) is 12.3. The van der Waals surface area contributed by atoms with Gasteiger partial charge in [-0.2, -0.15) is 0 Å². The van der Waals surface area contributed by atoms with Crippen molar-refractivity contribution in [3.63, 3.8) is 0 Å². The second-order valence-corrected chi connectivity index (χ2v) is 6.29. The molecule has 1 aromatic heterocycles. The van der Waals surface area contributed by atoms with Crippen molar-refractivity contribution in [1.29, 1.82) is 0 Å². The molecule has 0 fully saturated rings. The Labute approximate surface area is 156 Å². The minimum absolute atomic E-state index is 0.376. The fourth-order valence-electron chi connectivity index (χ4n) is 3.10. The van der Waals surface area contributed by atoms with E-state index in [1.807, 2.05) is 12.1 Å². The molecule has 1 aliphatic carbocycles. The summed E-state index contributed by atoms with van der Waals surface area (Å²) in [5.74, 6) is -0.264. The molecule has 1 heterocycles. The van der Waals surface area contributed by atoms with Gasteiger partial charge in [0.05, 0.1) is 6.20 Å². The van der Waals surface area contributed by atoms with Gasteiger partial charge in [-0.05, 0) is 60.7 Å². The van der Waals surface area contributed by atoms with Crippen LogP contribution in [0, 0.1) is 0 Å². The molecule has 0 saturated heterocycles. The molecule has 0 spiro atoms. The first-order valence-electron chi connectivity index (χ1n) is 8.70. The molecule has 6 heteroatoms. The molecule has 1 amide bonds. The summed E-state index contributed by atoms with van der Waals surface area (Å²) in [6.45, 7) is 0. The van der Waals surface area contributed by atoms with Crippen molar-refractivity contribution >= 4 is 17.4 Å². The lowest BCUT2D eigenvalue weighted by molar-refractivity contribution is -0.112. The van der Waals surface area contributed by atoms with Gasteiger partial charge >= 0.3 is 0 Å². The molecular formula is C21H17N3O3. The Morgan fingerprint density at radius 1 is 0.963 bits per heavy atom. The minimum atomic E-state index is -0.657. The quantitative estimate of drug-likeness (QED) is 0.556. The van der Waals surface area contributed by atoms with E-state index in [1.54, 1.807) is 36.5 Å². The molecule has 0 saturated carbocycles. The van der Waals surface area contributed by atoms with Crippen LogP contribution in [0.2, 0.25) is 0 Å². The number of rotatable bonds is 5. The largest absolute Gasteiger partial charge is 0.438 e. The lowest BCUT2D eigenvalue weighted by Gasteiger charge is -2.08. The Bertz CT molecular complexity index is 985. The molecular weight excluding hydrogens is 342 g/mol. The lowest BCUT2D eigenvalue weighted by atomic mass is 10.0. The van der Waals surface area contributed by atoms with Gasteiger partial charge in [0.25, 0.3) is 11.7 Å². The van der Waals surface area contributed by atoms with Gasteiger partial charge in [0.15, 0.2) is 0 Å². The molecule has 3 aromatic rings. The van der Waals surface area contributed by atoms with Crippen LogP contribution in [0.3, 0.4) is 0 Å². The first kappa shape index (κ1) is 16.9. The van der Waals surface area contributed by atoms with Crippen LogP contribution in [0.15, 0.2) is 61.1 Å². The van der Waals surface area contributed by atoms with Crippen molar-refractivity contribution in [1.82, 2.24) is 9.97 Å². The van der Waals surface area contributed by atoms with Crippen molar-refractivity contribution in [3.05, 3.63) is 77.7 Å². The molecule has 2 aromatic carbocycles. The lowest BCUT2D eigenvalue weighted by Crippen LogP contribution is -2.23. The molecule has 6 nitrogen and oxygen atoms in total. The van der Waals surface area contributed by atoms with Gasteiger partial charge in [-0.25, -0.2) is 4.98 Å². The molecule has 1 aliphatic rings. The number of ether oxygens (including phenoxy) is 1. The SMILES string of the molecule is O=C(Nc1ccc(Oc2cnccn2)cc1)C(=O)c1ccc2c(c1)CCC2. The number of fused-ring (bicyclic) bond motifs is 1. The Morgan fingerprint density at radius 3 is 2.56 bits per heavy atom. The molecule has 1 N–H and O–H groups in total. The highest BCUT2D eigenvalue weighted by Gasteiger charge is 2.19. The van der Waals surface area contributed by atoms with E-state index in [2.05, 4.69) is 15.3 Å². The maximum absolute atomic E-state index is 12.4. The predicted molar refractivity (Wildman–Crippen MR) is 100.0 cm³/mol. The number of benzene rings is 2. The molecule has 0 aliphatic heterocycles. The third-order valence-electron chi connectivity index (χ3n) is 4.44. The number of ketones is 1. The molecule has 27 heavy (non-hydrogen) atoms. The average Bonchev–Trinajstić information content (AvgIpc) is 3.17. The molecule has 4 rings (SSSR count). The third kappa shape index (κ3) is 3.84. The summed E-state index contributed by atoms with van der Waals surface area (Å²) in [4.78, 5) is 32.6. The number of anilines is 1. The van der Waals surface area contributed by atoms with E-state index in [0.29, 0.717) is 22.9 Å². The number of nitrogens with one attached hydrogen (secondary N) is 1. The van der Waals surface area contributed by atoms with E-state index in [1.165, 1.54) is 23.5 Å². The monoisotopic (exact) mass is 359 g/mol. The summed E-state index contributed by atoms with van der Waals surface area (Å²) in [5.41, 5.74) is 3.38. The predicted octanol–water partition coefficient (Wildman–Crippen LogP) is 3.58. The highest BCUT2D eigenvalue weighted by Crippen LogP contribution is 2.24. The van der Waals surface area contributed by atoms with E-state index in [9.17, 15) is 9.59 Å². The van der Waals surface area contributed by atoms with Gasteiger partial charge < -0.3 is 10.1 Å². The third-order valence-corrected chi connectivity index (χ3v) is 4.44. The van der Waals surface area contributed by atoms with Crippen molar-refractivity contribution in [2.24, 2.45) is 0 Å². The fraction of sp³-hybridized carbons (Fsp3) is 0.143. The van der Waals surface area contributed by atoms with Crippen LogP contribution in [0.5, 0.6) is 11.6 Å². The van der Waals surface area contributed by atoms with Gasteiger partial charge in [-0.3, -0.25) is 14.6 Å².